The molecular weight excluding hydrogens is 274 g/mol. The number of hydrogen-bond donors (Lipinski definition) is 2. The summed E-state index contributed by atoms with van der Waals surface area (Å²) in [5.41, 5.74) is -0.727. The van der Waals surface area contributed by atoms with E-state index in [1.165, 1.54) is 0 Å². The fraction of sp³-hybridized carbons (Fsp3) is 0.467. The van der Waals surface area contributed by atoms with Gasteiger partial charge in [0.2, 0.25) is 0 Å². The Morgan fingerprint density at radius 2 is 2.19 bits per heavy atom. The molecule has 1 aliphatic heterocycles. The van der Waals surface area contributed by atoms with Crippen molar-refractivity contribution >= 4 is 11.9 Å². The standard InChI is InChI=1S/C15H19NO5/c1-3-21-11-7-5-4-6-10(11)13(17)16-12-8-20-9-15(12,2)14(18)19/h4-7,12H,3,8-9H2,1-2H3,(H,16,17)(H,18,19). The number of carbonyl (C=O) groups excluding carboxylic acids is 1. The molecule has 1 aromatic carbocycles. The summed E-state index contributed by atoms with van der Waals surface area (Å²) in [6.07, 6.45) is 0. The number of carboxylic acids is 1. The summed E-state index contributed by atoms with van der Waals surface area (Å²) in [7, 11) is 0. The minimum Gasteiger partial charge on any atom is -0.493 e. The highest BCUT2D eigenvalue weighted by Crippen LogP contribution is 2.29. The number of carbonyl (C=O) groups is 2. The van der Waals surface area contributed by atoms with Crippen molar-refractivity contribution in [2.24, 2.45) is 5.41 Å². The van der Waals surface area contributed by atoms with Gasteiger partial charge in [0.25, 0.3) is 5.91 Å². The first kappa shape index (κ1) is 15.3. The molecule has 1 aromatic rings. The maximum Gasteiger partial charge on any atom is 0.313 e. The highest BCUT2D eigenvalue weighted by atomic mass is 16.5. The zero-order chi connectivity index (χ0) is 15.5. The van der Waals surface area contributed by atoms with E-state index in [-0.39, 0.29) is 19.1 Å². The van der Waals surface area contributed by atoms with Crippen molar-refractivity contribution in [3.8, 4) is 5.75 Å². The number of hydrogen-bond acceptors (Lipinski definition) is 4. The first-order valence-corrected chi connectivity index (χ1v) is 6.83. The average molecular weight is 293 g/mol. The second-order valence-corrected chi connectivity index (χ2v) is 5.19. The predicted octanol–water partition coefficient (Wildman–Crippen LogP) is 1.30. The van der Waals surface area contributed by atoms with Crippen LogP contribution in [0.2, 0.25) is 0 Å². The molecule has 0 bridgehead atoms. The molecular formula is C15H19NO5. The Bertz CT molecular complexity index is 545. The molecule has 2 N–H and O–H groups in total. The number of rotatable bonds is 5. The van der Waals surface area contributed by atoms with Crippen molar-refractivity contribution < 1.29 is 24.2 Å². The van der Waals surface area contributed by atoms with E-state index in [1.54, 1.807) is 31.2 Å². The fourth-order valence-electron chi connectivity index (χ4n) is 2.26. The van der Waals surface area contributed by atoms with Gasteiger partial charge in [0.1, 0.15) is 11.2 Å². The topological polar surface area (TPSA) is 84.9 Å². The van der Waals surface area contributed by atoms with E-state index in [0.29, 0.717) is 17.9 Å². The number of aliphatic carboxylic acids is 1. The summed E-state index contributed by atoms with van der Waals surface area (Å²) in [6, 6.07) is 6.30. The SMILES string of the molecule is CCOc1ccccc1C(=O)NC1COCC1(C)C(=O)O. The van der Waals surface area contributed by atoms with Crippen LogP contribution in [-0.2, 0) is 9.53 Å². The van der Waals surface area contributed by atoms with Gasteiger partial charge >= 0.3 is 5.97 Å². The van der Waals surface area contributed by atoms with Crippen LogP contribution < -0.4 is 10.1 Å². The quantitative estimate of drug-likeness (QED) is 0.855. The number of amides is 1. The summed E-state index contributed by atoms with van der Waals surface area (Å²) in [5, 5.41) is 12.1. The van der Waals surface area contributed by atoms with Gasteiger partial charge in [-0.25, -0.2) is 0 Å². The van der Waals surface area contributed by atoms with Crippen LogP contribution in [0.3, 0.4) is 0 Å². The molecule has 2 rings (SSSR count). The number of nitrogens with one attached hydrogen (secondary N) is 1. The van der Waals surface area contributed by atoms with Crippen molar-refractivity contribution in [2.75, 3.05) is 19.8 Å². The molecule has 2 unspecified atom stereocenters. The predicted molar refractivity (Wildman–Crippen MR) is 75.4 cm³/mol. The van der Waals surface area contributed by atoms with E-state index < -0.39 is 17.4 Å². The van der Waals surface area contributed by atoms with Crippen LogP contribution in [0.4, 0.5) is 0 Å². The third-order valence-corrected chi connectivity index (χ3v) is 3.68. The lowest BCUT2D eigenvalue weighted by atomic mass is 9.85. The third-order valence-electron chi connectivity index (χ3n) is 3.68. The highest BCUT2D eigenvalue weighted by Gasteiger charge is 2.47. The Morgan fingerprint density at radius 3 is 2.86 bits per heavy atom. The monoisotopic (exact) mass is 293 g/mol. The molecule has 2 atom stereocenters. The van der Waals surface area contributed by atoms with Gasteiger partial charge in [-0.1, -0.05) is 12.1 Å². The van der Waals surface area contributed by atoms with Crippen molar-refractivity contribution in [1.29, 1.82) is 0 Å². The summed E-state index contributed by atoms with van der Waals surface area (Å²) < 4.78 is 10.6. The van der Waals surface area contributed by atoms with E-state index in [4.69, 9.17) is 9.47 Å². The van der Waals surface area contributed by atoms with Crippen LogP contribution in [0, 0.1) is 5.41 Å². The van der Waals surface area contributed by atoms with E-state index in [9.17, 15) is 14.7 Å². The highest BCUT2D eigenvalue weighted by molar-refractivity contribution is 5.97. The Kier molecular flexibility index (Phi) is 4.47. The van der Waals surface area contributed by atoms with Crippen LogP contribution in [0.5, 0.6) is 5.75 Å². The van der Waals surface area contributed by atoms with Crippen LogP contribution in [0.1, 0.15) is 24.2 Å². The molecule has 1 heterocycles. The van der Waals surface area contributed by atoms with Gasteiger partial charge in [-0.2, -0.15) is 0 Å². The molecule has 6 heteroatoms. The third kappa shape index (κ3) is 3.00. The normalized spacial score (nSPS) is 24.6. The molecule has 1 fully saturated rings. The Morgan fingerprint density at radius 1 is 1.48 bits per heavy atom. The minimum atomic E-state index is -1.11. The smallest absolute Gasteiger partial charge is 0.313 e. The van der Waals surface area contributed by atoms with Crippen LogP contribution in [-0.4, -0.2) is 42.8 Å². The lowest BCUT2D eigenvalue weighted by molar-refractivity contribution is -0.148. The zero-order valence-corrected chi connectivity index (χ0v) is 12.1. The van der Waals surface area contributed by atoms with Crippen LogP contribution in [0.25, 0.3) is 0 Å². The summed E-state index contributed by atoms with van der Waals surface area (Å²) in [4.78, 5) is 23.7. The Hall–Kier alpha value is -2.08. The molecule has 1 saturated heterocycles. The van der Waals surface area contributed by atoms with Gasteiger partial charge in [0.05, 0.1) is 31.4 Å². The van der Waals surface area contributed by atoms with Crippen molar-refractivity contribution in [3.05, 3.63) is 29.8 Å². The molecule has 1 aliphatic rings. The van der Waals surface area contributed by atoms with Gasteiger partial charge < -0.3 is 19.9 Å². The lowest BCUT2D eigenvalue weighted by Crippen LogP contribution is -2.49. The number of ether oxygens (including phenoxy) is 2. The van der Waals surface area contributed by atoms with Crippen LogP contribution >= 0.6 is 0 Å². The van der Waals surface area contributed by atoms with Gasteiger partial charge in [0.15, 0.2) is 0 Å². The maximum atomic E-state index is 12.4. The molecule has 0 aromatic heterocycles. The fourth-order valence-corrected chi connectivity index (χ4v) is 2.26. The first-order chi connectivity index (χ1) is 9.99. The lowest BCUT2D eigenvalue weighted by Gasteiger charge is -2.25. The Labute approximate surface area is 123 Å². The number of carboxylic acid groups (broad SMARTS) is 1. The molecule has 1 amide bonds. The summed E-state index contributed by atoms with van der Waals surface area (Å²) >= 11 is 0. The molecule has 114 valence electrons. The van der Waals surface area contributed by atoms with E-state index in [0.717, 1.165) is 0 Å². The van der Waals surface area contributed by atoms with Crippen molar-refractivity contribution in [3.63, 3.8) is 0 Å². The molecule has 0 radical (unpaired) electrons. The van der Waals surface area contributed by atoms with Gasteiger partial charge in [0, 0.05) is 0 Å². The molecule has 6 nitrogen and oxygen atoms in total. The number of benzene rings is 1. The average Bonchev–Trinajstić information content (AvgIpc) is 2.82. The summed E-state index contributed by atoms with van der Waals surface area (Å²) in [5.74, 6) is -0.862. The maximum absolute atomic E-state index is 12.4. The second kappa shape index (κ2) is 6.13. The van der Waals surface area contributed by atoms with E-state index in [1.807, 2.05) is 6.92 Å². The second-order valence-electron chi connectivity index (χ2n) is 5.19. The Balaban J connectivity index is 2.17. The number of para-hydroxylation sites is 1. The molecule has 0 saturated carbocycles. The van der Waals surface area contributed by atoms with Gasteiger partial charge in [-0.15, -0.1) is 0 Å². The largest absolute Gasteiger partial charge is 0.493 e. The molecule has 21 heavy (non-hydrogen) atoms. The van der Waals surface area contributed by atoms with Crippen molar-refractivity contribution in [1.82, 2.24) is 5.32 Å². The first-order valence-electron chi connectivity index (χ1n) is 6.83. The van der Waals surface area contributed by atoms with Crippen molar-refractivity contribution in [2.45, 2.75) is 19.9 Å². The van der Waals surface area contributed by atoms with Crippen LogP contribution in [0.15, 0.2) is 24.3 Å². The van der Waals surface area contributed by atoms with E-state index in [2.05, 4.69) is 5.32 Å². The molecule has 0 spiro atoms. The molecule has 0 aliphatic carbocycles. The van der Waals surface area contributed by atoms with E-state index >= 15 is 0 Å². The van der Waals surface area contributed by atoms with Gasteiger partial charge in [-0.05, 0) is 26.0 Å². The minimum absolute atomic E-state index is 0.0837. The zero-order valence-electron chi connectivity index (χ0n) is 12.1. The summed E-state index contributed by atoms with van der Waals surface area (Å²) in [6.45, 7) is 4.12. The van der Waals surface area contributed by atoms with Gasteiger partial charge in [-0.3, -0.25) is 9.59 Å².